The number of hydrogen-bond donors (Lipinski definition) is 2. The number of rotatable bonds is 3. The van der Waals surface area contributed by atoms with Gasteiger partial charge in [0, 0.05) is 19.0 Å². The van der Waals surface area contributed by atoms with Gasteiger partial charge in [-0.2, -0.15) is 0 Å². The van der Waals surface area contributed by atoms with Gasteiger partial charge in [0.25, 0.3) is 0 Å². The van der Waals surface area contributed by atoms with Gasteiger partial charge >= 0.3 is 0 Å². The molecule has 0 aromatic heterocycles. The molecule has 0 spiro atoms. The molecule has 16 heavy (non-hydrogen) atoms. The monoisotopic (exact) mass is 230 g/mol. The van der Waals surface area contributed by atoms with Crippen LogP contribution in [0.2, 0.25) is 0 Å². The maximum Gasteiger partial charge on any atom is 0.220 e. The highest BCUT2D eigenvalue weighted by atomic mass is 16.6. The molecule has 1 fully saturated rings. The zero-order valence-electron chi connectivity index (χ0n) is 10.3. The number of aliphatic hydroxyl groups is 1. The minimum atomic E-state index is -0.895. The fraction of sp³-hybridized carbons (Fsp3) is 0.909. The molecule has 94 valence electrons. The summed E-state index contributed by atoms with van der Waals surface area (Å²) in [5, 5.41) is 9.82. The first-order chi connectivity index (χ1) is 7.29. The van der Waals surface area contributed by atoms with E-state index >= 15 is 0 Å². The lowest BCUT2D eigenvalue weighted by Gasteiger charge is -2.36. The summed E-state index contributed by atoms with van der Waals surface area (Å²) in [5.41, 5.74) is 4.86. The third-order valence-electron chi connectivity index (χ3n) is 2.70. The molecule has 0 aromatic carbocycles. The van der Waals surface area contributed by atoms with E-state index in [0.29, 0.717) is 25.9 Å². The molecular formula is C11H22N2O3. The molecule has 0 aliphatic carbocycles. The number of aliphatic hydroxyl groups excluding tert-OH is 1. The van der Waals surface area contributed by atoms with Gasteiger partial charge in [-0.05, 0) is 33.6 Å². The number of carbonyl (C=O) groups excluding carboxylic acids is 1. The molecule has 1 aliphatic heterocycles. The Hall–Kier alpha value is -0.650. The number of carbonyl (C=O) groups is 1. The van der Waals surface area contributed by atoms with E-state index in [0.717, 1.165) is 0 Å². The molecule has 5 heteroatoms. The van der Waals surface area contributed by atoms with Gasteiger partial charge in [0.2, 0.25) is 12.3 Å². The minimum Gasteiger partial charge on any atom is -0.369 e. The first kappa shape index (κ1) is 13.4. The van der Waals surface area contributed by atoms with Crippen molar-refractivity contribution in [1.82, 2.24) is 4.90 Å². The number of hydrogen-bond acceptors (Lipinski definition) is 4. The number of amides is 1. The molecule has 1 saturated heterocycles. The SMILES string of the molecule is CC(C)(C)OC(O)N1CCC(C(N)=O)CC1. The summed E-state index contributed by atoms with van der Waals surface area (Å²) >= 11 is 0. The van der Waals surface area contributed by atoms with Gasteiger partial charge < -0.3 is 15.6 Å². The summed E-state index contributed by atoms with van der Waals surface area (Å²) in [5.74, 6) is -0.302. The maximum absolute atomic E-state index is 11.0. The molecule has 1 aliphatic rings. The van der Waals surface area contributed by atoms with Gasteiger partial charge in [0.05, 0.1) is 5.60 Å². The van der Waals surface area contributed by atoms with Crippen LogP contribution in [-0.2, 0) is 9.53 Å². The highest BCUT2D eigenvalue weighted by Crippen LogP contribution is 2.20. The van der Waals surface area contributed by atoms with E-state index in [1.165, 1.54) is 0 Å². The third-order valence-corrected chi connectivity index (χ3v) is 2.70. The second-order valence-electron chi connectivity index (χ2n) is 5.27. The van der Waals surface area contributed by atoms with E-state index in [2.05, 4.69) is 0 Å². The third kappa shape index (κ3) is 4.08. The second kappa shape index (κ2) is 5.12. The second-order valence-corrected chi connectivity index (χ2v) is 5.27. The van der Waals surface area contributed by atoms with Crippen LogP contribution < -0.4 is 5.73 Å². The van der Waals surface area contributed by atoms with Gasteiger partial charge in [-0.3, -0.25) is 9.69 Å². The molecule has 1 rings (SSSR count). The fourth-order valence-corrected chi connectivity index (χ4v) is 1.80. The van der Waals surface area contributed by atoms with Gasteiger partial charge in [-0.1, -0.05) is 0 Å². The average Bonchev–Trinajstić information content (AvgIpc) is 2.15. The Morgan fingerprint density at radius 3 is 2.31 bits per heavy atom. The lowest BCUT2D eigenvalue weighted by molar-refractivity contribution is -0.243. The first-order valence-corrected chi connectivity index (χ1v) is 5.69. The van der Waals surface area contributed by atoms with E-state index in [-0.39, 0.29) is 17.4 Å². The molecule has 5 nitrogen and oxygen atoms in total. The van der Waals surface area contributed by atoms with Crippen molar-refractivity contribution in [2.75, 3.05) is 13.1 Å². The summed E-state index contributed by atoms with van der Waals surface area (Å²) in [6, 6.07) is 0. The summed E-state index contributed by atoms with van der Waals surface area (Å²) in [6.07, 6.45) is 0.494. The minimum absolute atomic E-state index is 0.0573. The van der Waals surface area contributed by atoms with Crippen molar-refractivity contribution in [3.8, 4) is 0 Å². The van der Waals surface area contributed by atoms with E-state index in [1.807, 2.05) is 25.7 Å². The molecule has 1 amide bonds. The lowest BCUT2D eigenvalue weighted by atomic mass is 9.96. The summed E-state index contributed by atoms with van der Waals surface area (Å²) < 4.78 is 5.44. The Kier molecular flexibility index (Phi) is 4.29. The zero-order valence-corrected chi connectivity index (χ0v) is 10.3. The normalized spacial score (nSPS) is 22.0. The fourth-order valence-electron chi connectivity index (χ4n) is 1.80. The van der Waals surface area contributed by atoms with E-state index in [9.17, 15) is 9.90 Å². The Morgan fingerprint density at radius 2 is 1.94 bits per heavy atom. The molecule has 3 N–H and O–H groups in total. The number of piperidine rings is 1. The molecule has 1 unspecified atom stereocenters. The number of likely N-dealkylation sites (tertiary alicyclic amines) is 1. The van der Waals surface area contributed by atoms with Crippen LogP contribution in [0.25, 0.3) is 0 Å². The van der Waals surface area contributed by atoms with Gasteiger partial charge in [-0.25, -0.2) is 0 Å². The maximum atomic E-state index is 11.0. The Bertz CT molecular complexity index is 242. The van der Waals surface area contributed by atoms with Crippen LogP contribution in [0, 0.1) is 5.92 Å². The Labute approximate surface area is 96.6 Å². The highest BCUT2D eigenvalue weighted by Gasteiger charge is 2.29. The van der Waals surface area contributed by atoms with Crippen LogP contribution >= 0.6 is 0 Å². The molecular weight excluding hydrogens is 208 g/mol. The number of nitrogens with zero attached hydrogens (tertiary/aromatic N) is 1. The van der Waals surface area contributed by atoms with E-state index < -0.39 is 6.41 Å². The van der Waals surface area contributed by atoms with Crippen LogP contribution in [0.1, 0.15) is 33.6 Å². The van der Waals surface area contributed by atoms with Crippen molar-refractivity contribution in [3.63, 3.8) is 0 Å². The predicted octanol–water partition coefficient (Wildman–Crippen LogP) is 0.275. The van der Waals surface area contributed by atoms with Crippen molar-refractivity contribution in [2.24, 2.45) is 11.7 Å². The van der Waals surface area contributed by atoms with Crippen molar-refractivity contribution < 1.29 is 14.6 Å². The van der Waals surface area contributed by atoms with Crippen molar-refractivity contribution in [3.05, 3.63) is 0 Å². The van der Waals surface area contributed by atoms with Crippen molar-refractivity contribution in [2.45, 2.75) is 45.6 Å². The highest BCUT2D eigenvalue weighted by molar-refractivity contribution is 5.76. The zero-order chi connectivity index (χ0) is 12.3. The average molecular weight is 230 g/mol. The molecule has 0 radical (unpaired) electrons. The number of nitrogens with two attached hydrogens (primary N) is 1. The van der Waals surface area contributed by atoms with Gasteiger partial charge in [0.15, 0.2) is 0 Å². The number of ether oxygens (including phenoxy) is 1. The molecule has 1 atom stereocenters. The first-order valence-electron chi connectivity index (χ1n) is 5.69. The summed E-state index contributed by atoms with van der Waals surface area (Å²) in [6.45, 7) is 6.97. The van der Waals surface area contributed by atoms with Crippen molar-refractivity contribution >= 4 is 5.91 Å². The van der Waals surface area contributed by atoms with Crippen LogP contribution in [0.4, 0.5) is 0 Å². The quantitative estimate of drug-likeness (QED) is 0.683. The largest absolute Gasteiger partial charge is 0.369 e. The van der Waals surface area contributed by atoms with E-state index in [4.69, 9.17) is 10.5 Å². The molecule has 0 aromatic rings. The van der Waals surface area contributed by atoms with Crippen LogP contribution in [0.15, 0.2) is 0 Å². The molecule has 0 saturated carbocycles. The van der Waals surface area contributed by atoms with Crippen LogP contribution in [-0.4, -0.2) is 41.0 Å². The topological polar surface area (TPSA) is 75.8 Å². The van der Waals surface area contributed by atoms with Gasteiger partial charge in [0.1, 0.15) is 0 Å². The summed E-state index contributed by atoms with van der Waals surface area (Å²) in [4.78, 5) is 12.8. The standard InChI is InChI=1S/C11H22N2O3/c1-11(2,3)16-10(15)13-6-4-8(5-7-13)9(12)14/h8,10,15H,4-7H2,1-3H3,(H2,12,14). The lowest BCUT2D eigenvalue weighted by Crippen LogP contribution is -2.47. The van der Waals surface area contributed by atoms with E-state index in [1.54, 1.807) is 0 Å². The van der Waals surface area contributed by atoms with Crippen molar-refractivity contribution in [1.29, 1.82) is 0 Å². The predicted molar refractivity (Wildman–Crippen MR) is 60.3 cm³/mol. The van der Waals surface area contributed by atoms with Gasteiger partial charge in [-0.15, -0.1) is 0 Å². The smallest absolute Gasteiger partial charge is 0.220 e. The van der Waals surface area contributed by atoms with Crippen LogP contribution in [0.5, 0.6) is 0 Å². The summed E-state index contributed by atoms with van der Waals surface area (Å²) in [7, 11) is 0. The number of primary amides is 1. The molecule has 1 heterocycles. The van der Waals surface area contributed by atoms with Crippen LogP contribution in [0.3, 0.4) is 0 Å². The molecule has 0 bridgehead atoms. The Balaban J connectivity index is 2.39. The Morgan fingerprint density at radius 1 is 1.44 bits per heavy atom.